The lowest BCUT2D eigenvalue weighted by Gasteiger charge is -2.17. The van der Waals surface area contributed by atoms with Gasteiger partial charge in [-0.25, -0.2) is 4.68 Å². The Balaban J connectivity index is 2.90. The zero-order chi connectivity index (χ0) is 10.1. The summed E-state index contributed by atoms with van der Waals surface area (Å²) in [5.41, 5.74) is 0.929. The van der Waals surface area contributed by atoms with Crippen LogP contribution in [0.4, 0.5) is 0 Å². The summed E-state index contributed by atoms with van der Waals surface area (Å²) in [6, 6.07) is 11.3. The number of para-hydroxylation sites is 1. The lowest BCUT2D eigenvalue weighted by atomic mass is 10.2. The zero-order valence-electron chi connectivity index (χ0n) is 8.27. The second kappa shape index (κ2) is 3.18. The number of nitrogens with zero attached hydrogens (tertiary/aromatic N) is 2. The number of fused-ring (bicyclic) bond motifs is 1. The molecular weight excluding hydrogens is 176 g/mol. The highest BCUT2D eigenvalue weighted by atomic mass is 16.1. The summed E-state index contributed by atoms with van der Waals surface area (Å²) < 4.78 is 1.65. The van der Waals surface area contributed by atoms with Crippen LogP contribution in [-0.4, -0.2) is 18.8 Å². The molecule has 0 saturated heterocycles. The molecule has 0 radical (unpaired) electrons. The number of benzene rings is 1. The third-order valence-electron chi connectivity index (χ3n) is 2.18. The normalized spacial score (nSPS) is 10.4. The summed E-state index contributed by atoms with van der Waals surface area (Å²) in [5.74, 6) is 0. The van der Waals surface area contributed by atoms with E-state index in [4.69, 9.17) is 0 Å². The Hall–Kier alpha value is -1.77. The van der Waals surface area contributed by atoms with E-state index < -0.39 is 0 Å². The Morgan fingerprint density at radius 3 is 2.50 bits per heavy atom. The maximum absolute atomic E-state index is 11.6. The van der Waals surface area contributed by atoms with E-state index in [0.29, 0.717) is 0 Å². The van der Waals surface area contributed by atoms with Crippen molar-refractivity contribution in [2.24, 2.45) is 0 Å². The van der Waals surface area contributed by atoms with Gasteiger partial charge in [-0.2, -0.15) is 0 Å². The third-order valence-corrected chi connectivity index (χ3v) is 2.18. The Kier molecular flexibility index (Phi) is 2.00. The molecule has 72 valence electrons. The largest absolute Gasteiger partial charge is 0.316 e. The molecule has 1 heterocycles. The van der Waals surface area contributed by atoms with E-state index in [1.165, 1.54) is 0 Å². The van der Waals surface area contributed by atoms with Crippen molar-refractivity contribution in [3.63, 3.8) is 0 Å². The topological polar surface area (TPSA) is 25.2 Å². The van der Waals surface area contributed by atoms with Crippen LogP contribution in [0, 0.1) is 0 Å². The van der Waals surface area contributed by atoms with Gasteiger partial charge in [0, 0.05) is 25.5 Å². The number of aromatic nitrogens is 1. The van der Waals surface area contributed by atoms with Crippen LogP contribution in [0.5, 0.6) is 0 Å². The van der Waals surface area contributed by atoms with Crippen molar-refractivity contribution in [1.29, 1.82) is 0 Å². The predicted octanol–water partition coefficient (Wildman–Crippen LogP) is 1.20. The van der Waals surface area contributed by atoms with E-state index in [2.05, 4.69) is 0 Å². The molecule has 0 aliphatic carbocycles. The minimum Gasteiger partial charge on any atom is -0.316 e. The molecule has 0 aliphatic heterocycles. The average Bonchev–Trinajstić information content (AvgIpc) is 2.17. The highest BCUT2D eigenvalue weighted by molar-refractivity contribution is 5.78. The molecule has 0 N–H and O–H groups in total. The summed E-state index contributed by atoms with van der Waals surface area (Å²) in [5, 5.41) is 2.85. The van der Waals surface area contributed by atoms with Crippen LogP contribution in [0.15, 0.2) is 41.2 Å². The van der Waals surface area contributed by atoms with Gasteiger partial charge < -0.3 is 5.01 Å². The summed E-state index contributed by atoms with van der Waals surface area (Å²) >= 11 is 0. The van der Waals surface area contributed by atoms with Crippen molar-refractivity contribution in [3.05, 3.63) is 46.8 Å². The molecule has 3 heteroatoms. The fraction of sp³-hybridized carbons (Fsp3) is 0.182. The van der Waals surface area contributed by atoms with Gasteiger partial charge in [0.05, 0.1) is 5.52 Å². The first kappa shape index (κ1) is 8.81. The first-order valence-corrected chi connectivity index (χ1v) is 4.48. The van der Waals surface area contributed by atoms with Crippen LogP contribution in [0.3, 0.4) is 0 Å². The smallest absolute Gasteiger partial charge is 0.269 e. The highest BCUT2D eigenvalue weighted by Crippen LogP contribution is 2.10. The van der Waals surface area contributed by atoms with Gasteiger partial charge in [0.2, 0.25) is 0 Å². The molecule has 0 fully saturated rings. The number of hydrogen-bond acceptors (Lipinski definition) is 2. The van der Waals surface area contributed by atoms with Crippen molar-refractivity contribution in [1.82, 2.24) is 4.68 Å². The van der Waals surface area contributed by atoms with Gasteiger partial charge in [-0.15, -0.1) is 0 Å². The standard InChI is InChI=1S/C11H12N2O/c1-12(2)13-10-6-4-3-5-9(10)7-8-11(13)14/h3-8H,1-2H3. The number of rotatable bonds is 1. The van der Waals surface area contributed by atoms with E-state index >= 15 is 0 Å². The molecule has 0 bridgehead atoms. The molecule has 0 amide bonds. The summed E-state index contributed by atoms with van der Waals surface area (Å²) in [6.45, 7) is 0. The van der Waals surface area contributed by atoms with Gasteiger partial charge in [0.1, 0.15) is 0 Å². The molecule has 0 spiro atoms. The van der Waals surface area contributed by atoms with Crippen LogP contribution in [0.25, 0.3) is 10.9 Å². The molecule has 0 unspecified atom stereocenters. The van der Waals surface area contributed by atoms with Gasteiger partial charge in [-0.1, -0.05) is 18.2 Å². The Morgan fingerprint density at radius 1 is 1.07 bits per heavy atom. The second-order valence-electron chi connectivity index (χ2n) is 3.39. The van der Waals surface area contributed by atoms with E-state index in [1.54, 1.807) is 15.8 Å². The monoisotopic (exact) mass is 188 g/mol. The molecule has 0 saturated carbocycles. The minimum absolute atomic E-state index is 0.00583. The SMILES string of the molecule is CN(C)n1c(=O)ccc2ccccc21. The summed E-state index contributed by atoms with van der Waals surface area (Å²) in [7, 11) is 3.71. The van der Waals surface area contributed by atoms with Gasteiger partial charge >= 0.3 is 0 Å². The third kappa shape index (κ3) is 1.27. The predicted molar refractivity (Wildman–Crippen MR) is 58.3 cm³/mol. The maximum Gasteiger partial charge on any atom is 0.269 e. The summed E-state index contributed by atoms with van der Waals surface area (Å²) in [4.78, 5) is 11.6. The van der Waals surface area contributed by atoms with E-state index in [1.807, 2.05) is 44.4 Å². The van der Waals surface area contributed by atoms with Gasteiger partial charge in [-0.3, -0.25) is 4.79 Å². The van der Waals surface area contributed by atoms with Crippen LogP contribution in [0.1, 0.15) is 0 Å². The van der Waals surface area contributed by atoms with Crippen molar-refractivity contribution < 1.29 is 0 Å². The lowest BCUT2D eigenvalue weighted by molar-refractivity contribution is 0.729. The second-order valence-corrected chi connectivity index (χ2v) is 3.39. The molecular formula is C11H12N2O. The first-order valence-electron chi connectivity index (χ1n) is 4.48. The Labute approximate surface area is 82.2 Å². The van der Waals surface area contributed by atoms with Crippen LogP contribution < -0.4 is 10.6 Å². The van der Waals surface area contributed by atoms with E-state index in [9.17, 15) is 4.79 Å². The fourth-order valence-electron chi connectivity index (χ4n) is 1.58. The van der Waals surface area contributed by atoms with E-state index in [0.717, 1.165) is 10.9 Å². The van der Waals surface area contributed by atoms with Crippen LogP contribution in [-0.2, 0) is 0 Å². The molecule has 3 nitrogen and oxygen atoms in total. The van der Waals surface area contributed by atoms with Crippen molar-refractivity contribution in [2.45, 2.75) is 0 Å². The molecule has 0 atom stereocenters. The quantitative estimate of drug-likeness (QED) is 0.672. The van der Waals surface area contributed by atoms with Crippen LogP contribution in [0.2, 0.25) is 0 Å². The minimum atomic E-state index is -0.00583. The molecule has 14 heavy (non-hydrogen) atoms. The highest BCUT2D eigenvalue weighted by Gasteiger charge is 2.02. The Morgan fingerprint density at radius 2 is 1.79 bits per heavy atom. The zero-order valence-corrected chi connectivity index (χ0v) is 8.27. The van der Waals surface area contributed by atoms with Crippen LogP contribution >= 0.6 is 0 Å². The maximum atomic E-state index is 11.6. The van der Waals surface area contributed by atoms with Gasteiger partial charge in [-0.05, 0) is 12.1 Å². The van der Waals surface area contributed by atoms with Crippen molar-refractivity contribution in [2.75, 3.05) is 19.1 Å². The van der Waals surface area contributed by atoms with Gasteiger partial charge in [0.15, 0.2) is 0 Å². The fourth-order valence-corrected chi connectivity index (χ4v) is 1.58. The van der Waals surface area contributed by atoms with E-state index in [-0.39, 0.29) is 5.56 Å². The van der Waals surface area contributed by atoms with Crippen molar-refractivity contribution in [3.8, 4) is 0 Å². The summed E-state index contributed by atoms with van der Waals surface area (Å²) in [6.07, 6.45) is 0. The number of hydrogen-bond donors (Lipinski definition) is 0. The molecule has 2 rings (SSSR count). The average molecular weight is 188 g/mol. The van der Waals surface area contributed by atoms with Crippen molar-refractivity contribution >= 4 is 10.9 Å². The lowest BCUT2D eigenvalue weighted by Crippen LogP contribution is -2.35. The molecule has 0 aliphatic rings. The molecule has 1 aromatic carbocycles. The Bertz CT molecular complexity index is 514. The first-order chi connectivity index (χ1) is 6.70. The van der Waals surface area contributed by atoms with Gasteiger partial charge in [0.25, 0.3) is 5.56 Å². The number of pyridine rings is 1. The molecule has 2 aromatic rings. The molecule has 1 aromatic heterocycles.